The zero-order valence-electron chi connectivity index (χ0n) is 21.4. The fourth-order valence-electron chi connectivity index (χ4n) is 4.80. The second-order valence-corrected chi connectivity index (χ2v) is 9.74. The molecule has 1 aromatic heterocycles. The largest absolute Gasteiger partial charge is 0.497 e. The van der Waals surface area contributed by atoms with Crippen molar-refractivity contribution in [2.24, 2.45) is 0 Å². The molecule has 11 nitrogen and oxygen atoms in total. The number of methoxy groups -OCH3 is 1. The highest BCUT2D eigenvalue weighted by Gasteiger charge is 2.50. The summed E-state index contributed by atoms with van der Waals surface area (Å²) in [5.41, 5.74) is 0.836. The van der Waals surface area contributed by atoms with Crippen molar-refractivity contribution in [3.8, 4) is 5.75 Å². The summed E-state index contributed by atoms with van der Waals surface area (Å²) in [5, 5.41) is 8.49. The number of hydrogen-bond donors (Lipinski definition) is 3. The van der Waals surface area contributed by atoms with Gasteiger partial charge in [-0.2, -0.15) is 0 Å². The summed E-state index contributed by atoms with van der Waals surface area (Å²) in [7, 11) is 5.39. The van der Waals surface area contributed by atoms with Gasteiger partial charge in [-0.3, -0.25) is 19.7 Å². The number of fused-ring (bicyclic) bond motifs is 2. The Morgan fingerprint density at radius 2 is 1.97 bits per heavy atom. The van der Waals surface area contributed by atoms with Crippen molar-refractivity contribution >= 4 is 34.7 Å². The van der Waals surface area contributed by atoms with Crippen molar-refractivity contribution in [2.45, 2.75) is 18.5 Å². The molecule has 0 spiro atoms. The Balaban J connectivity index is 1.38. The zero-order valence-corrected chi connectivity index (χ0v) is 21.4. The number of benzene rings is 2. The first-order valence-corrected chi connectivity index (χ1v) is 12.3. The van der Waals surface area contributed by atoms with Crippen molar-refractivity contribution in [3.05, 3.63) is 64.9 Å². The van der Waals surface area contributed by atoms with E-state index in [0.717, 1.165) is 5.56 Å². The van der Waals surface area contributed by atoms with E-state index in [1.54, 1.807) is 41.3 Å². The second-order valence-electron chi connectivity index (χ2n) is 9.74. The van der Waals surface area contributed by atoms with E-state index in [-0.39, 0.29) is 30.5 Å². The van der Waals surface area contributed by atoms with Crippen LogP contribution in [0.3, 0.4) is 0 Å². The predicted molar refractivity (Wildman–Crippen MR) is 138 cm³/mol. The van der Waals surface area contributed by atoms with Crippen LogP contribution in [0.4, 0.5) is 4.79 Å². The van der Waals surface area contributed by atoms with Crippen LogP contribution in [0.2, 0.25) is 0 Å². The van der Waals surface area contributed by atoms with Crippen LogP contribution in [0.25, 0.3) is 11.0 Å². The molecule has 3 N–H and O–H groups in total. The highest BCUT2D eigenvalue weighted by Crippen LogP contribution is 2.35. The van der Waals surface area contributed by atoms with E-state index in [0.29, 0.717) is 47.5 Å². The summed E-state index contributed by atoms with van der Waals surface area (Å²) in [4.78, 5) is 54.5. The molecule has 3 aromatic rings. The molecule has 2 aromatic carbocycles. The predicted octanol–water partition coefficient (Wildman–Crippen LogP) is 1.81. The zero-order chi connectivity index (χ0) is 27.0. The number of ether oxygens (including phenoxy) is 1. The lowest BCUT2D eigenvalue weighted by Crippen LogP contribution is -2.46. The molecule has 1 atom stereocenters. The Morgan fingerprint density at radius 1 is 1.16 bits per heavy atom. The number of urea groups is 1. The van der Waals surface area contributed by atoms with Crippen molar-refractivity contribution in [1.82, 2.24) is 25.8 Å². The minimum Gasteiger partial charge on any atom is -0.497 e. The van der Waals surface area contributed by atoms with Gasteiger partial charge in [0.2, 0.25) is 0 Å². The lowest BCUT2D eigenvalue weighted by molar-refractivity contribution is -0.125. The topological polar surface area (TPSA) is 133 Å². The van der Waals surface area contributed by atoms with Crippen molar-refractivity contribution in [1.29, 1.82) is 0 Å². The van der Waals surface area contributed by atoms with Gasteiger partial charge in [0, 0.05) is 49.1 Å². The van der Waals surface area contributed by atoms with Crippen LogP contribution in [0.5, 0.6) is 5.75 Å². The van der Waals surface area contributed by atoms with Crippen LogP contribution in [-0.2, 0) is 16.9 Å². The Kier molecular flexibility index (Phi) is 6.53. The Bertz CT molecular complexity index is 1450. The molecule has 11 heteroatoms. The first-order chi connectivity index (χ1) is 18.2. The summed E-state index contributed by atoms with van der Waals surface area (Å²) in [5.74, 6) is -0.137. The molecular weight excluding hydrogens is 490 g/mol. The van der Waals surface area contributed by atoms with Gasteiger partial charge in [-0.05, 0) is 56.1 Å². The van der Waals surface area contributed by atoms with E-state index >= 15 is 0 Å². The molecule has 1 saturated heterocycles. The molecule has 1 fully saturated rings. The van der Waals surface area contributed by atoms with Gasteiger partial charge in [-0.25, -0.2) is 4.79 Å². The standard InChI is InChI=1S/C27H29N5O6/c1-31(2)11-9-28-23(33)16-5-7-21-18(12-16)13-22(38-21)27(25(35)29-26(36)30-27)8-10-32-15-17-4-6-19(37-3)14-20(17)24(32)34/h4-7,12-14H,8-11,15H2,1-3H3,(H,28,33)(H2,29,30,35,36). The van der Waals surface area contributed by atoms with Gasteiger partial charge >= 0.3 is 6.03 Å². The maximum absolute atomic E-state index is 13.1. The van der Waals surface area contributed by atoms with E-state index in [2.05, 4.69) is 16.0 Å². The number of rotatable bonds is 9. The number of furan rings is 1. The average molecular weight is 520 g/mol. The molecule has 198 valence electrons. The van der Waals surface area contributed by atoms with Gasteiger partial charge in [-0.15, -0.1) is 0 Å². The minimum atomic E-state index is -1.50. The third kappa shape index (κ3) is 4.56. The molecule has 2 aliphatic rings. The lowest BCUT2D eigenvalue weighted by Gasteiger charge is -2.26. The molecule has 38 heavy (non-hydrogen) atoms. The number of hydrogen-bond acceptors (Lipinski definition) is 7. The molecular formula is C27H29N5O6. The number of likely N-dealkylation sites (N-methyl/N-ethyl adjacent to an activating group) is 1. The summed E-state index contributed by atoms with van der Waals surface area (Å²) in [6, 6.07) is 11.4. The highest BCUT2D eigenvalue weighted by atomic mass is 16.5. The summed E-state index contributed by atoms with van der Waals surface area (Å²) >= 11 is 0. The first kappa shape index (κ1) is 25.3. The molecule has 0 aliphatic carbocycles. The van der Waals surface area contributed by atoms with Crippen LogP contribution in [0, 0.1) is 0 Å². The van der Waals surface area contributed by atoms with Crippen LogP contribution in [0.1, 0.15) is 38.5 Å². The Labute approximate surface area is 219 Å². The van der Waals surface area contributed by atoms with Gasteiger partial charge in [0.25, 0.3) is 17.7 Å². The van der Waals surface area contributed by atoms with Crippen LogP contribution < -0.4 is 20.7 Å². The third-order valence-electron chi connectivity index (χ3n) is 6.94. The monoisotopic (exact) mass is 519 g/mol. The molecule has 5 rings (SSSR count). The van der Waals surface area contributed by atoms with E-state index in [1.807, 2.05) is 25.1 Å². The number of carbonyl (C=O) groups is 4. The molecule has 1 unspecified atom stereocenters. The molecule has 3 heterocycles. The van der Waals surface area contributed by atoms with Gasteiger partial charge < -0.3 is 29.6 Å². The SMILES string of the molecule is COc1ccc2c(c1)C(=O)N(CCC1(c3cc4cc(C(=O)NCCN(C)C)ccc4o3)NC(=O)NC1=O)C2. The Morgan fingerprint density at radius 3 is 2.68 bits per heavy atom. The van der Waals surface area contributed by atoms with Crippen LogP contribution in [0.15, 0.2) is 46.9 Å². The molecule has 0 saturated carbocycles. The number of imide groups is 1. The van der Waals surface area contributed by atoms with Gasteiger partial charge in [-0.1, -0.05) is 6.07 Å². The number of amides is 5. The molecule has 0 radical (unpaired) electrons. The lowest BCUT2D eigenvalue weighted by atomic mass is 9.91. The maximum atomic E-state index is 13.1. The van der Waals surface area contributed by atoms with E-state index < -0.39 is 17.5 Å². The van der Waals surface area contributed by atoms with Crippen molar-refractivity contribution in [2.75, 3.05) is 40.8 Å². The summed E-state index contributed by atoms with van der Waals surface area (Å²) < 4.78 is 11.3. The van der Waals surface area contributed by atoms with E-state index in [4.69, 9.17) is 9.15 Å². The summed E-state index contributed by atoms with van der Waals surface area (Å²) in [6.07, 6.45) is 0.0964. The second kappa shape index (κ2) is 9.82. The van der Waals surface area contributed by atoms with Crippen molar-refractivity contribution < 1.29 is 28.3 Å². The number of carbonyl (C=O) groups excluding carboxylic acids is 4. The third-order valence-corrected chi connectivity index (χ3v) is 6.94. The normalized spacial score (nSPS) is 18.6. The van der Waals surface area contributed by atoms with Crippen molar-refractivity contribution in [3.63, 3.8) is 0 Å². The Hall–Kier alpha value is -4.38. The number of nitrogens with zero attached hydrogens (tertiary/aromatic N) is 2. The van der Waals surface area contributed by atoms with Gasteiger partial charge in [0.15, 0.2) is 5.54 Å². The van der Waals surface area contributed by atoms with Gasteiger partial charge in [0.05, 0.1) is 7.11 Å². The highest BCUT2D eigenvalue weighted by molar-refractivity contribution is 6.08. The summed E-state index contributed by atoms with van der Waals surface area (Å²) in [6.45, 7) is 1.79. The molecule has 5 amide bonds. The van der Waals surface area contributed by atoms with Crippen LogP contribution in [-0.4, -0.2) is 74.4 Å². The average Bonchev–Trinajstić information content (AvgIpc) is 3.55. The fourth-order valence-corrected chi connectivity index (χ4v) is 4.80. The maximum Gasteiger partial charge on any atom is 0.322 e. The van der Waals surface area contributed by atoms with Gasteiger partial charge in [0.1, 0.15) is 17.1 Å². The quantitative estimate of drug-likeness (QED) is 0.367. The van der Waals surface area contributed by atoms with E-state index in [1.165, 1.54) is 7.11 Å². The minimum absolute atomic E-state index is 0.0964. The molecule has 0 bridgehead atoms. The number of nitrogens with one attached hydrogen (secondary N) is 3. The van der Waals surface area contributed by atoms with Crippen LogP contribution >= 0.6 is 0 Å². The van der Waals surface area contributed by atoms with E-state index in [9.17, 15) is 19.2 Å². The smallest absolute Gasteiger partial charge is 0.322 e. The fraction of sp³-hybridized carbons (Fsp3) is 0.333. The molecule has 2 aliphatic heterocycles. The first-order valence-electron chi connectivity index (χ1n) is 12.3.